The first-order valence-corrected chi connectivity index (χ1v) is 6.09. The van der Waals surface area contributed by atoms with Crippen molar-refractivity contribution >= 4 is 21.5 Å². The van der Waals surface area contributed by atoms with Crippen molar-refractivity contribution < 1.29 is 0 Å². The fraction of sp³-hybridized carbons (Fsp3) is 0.385. The second-order valence-electron chi connectivity index (χ2n) is 3.81. The lowest BCUT2D eigenvalue weighted by molar-refractivity contribution is 0.824. The third-order valence-electron chi connectivity index (χ3n) is 2.79. The van der Waals surface area contributed by atoms with Crippen LogP contribution in [0.1, 0.15) is 37.3 Å². The zero-order chi connectivity index (χ0) is 9.97. The van der Waals surface area contributed by atoms with Crippen LogP contribution in [0.2, 0.25) is 0 Å². The Kier molecular flexibility index (Phi) is 3.07. The average Bonchev–Trinajstić information content (AvgIpc) is 2.59. The van der Waals surface area contributed by atoms with Gasteiger partial charge in [-0.2, -0.15) is 0 Å². The highest BCUT2D eigenvalue weighted by Crippen LogP contribution is 2.36. The van der Waals surface area contributed by atoms with E-state index in [1.165, 1.54) is 40.4 Å². The molecule has 0 heterocycles. The molecule has 14 heavy (non-hydrogen) atoms. The van der Waals surface area contributed by atoms with Gasteiger partial charge in [0.2, 0.25) is 0 Å². The summed E-state index contributed by atoms with van der Waals surface area (Å²) in [5.41, 5.74) is 4.47. The molecular formula is C13H15Br. The molecule has 0 fully saturated rings. The lowest BCUT2D eigenvalue weighted by atomic mass is 10.0. The quantitative estimate of drug-likeness (QED) is 0.737. The van der Waals surface area contributed by atoms with Crippen molar-refractivity contribution in [1.29, 1.82) is 0 Å². The summed E-state index contributed by atoms with van der Waals surface area (Å²) in [6.45, 7) is 2.25. The molecule has 1 aliphatic rings. The predicted molar refractivity (Wildman–Crippen MR) is 65.3 cm³/mol. The fourth-order valence-electron chi connectivity index (χ4n) is 2.03. The van der Waals surface area contributed by atoms with Crippen molar-refractivity contribution in [3.8, 4) is 0 Å². The van der Waals surface area contributed by atoms with Crippen LogP contribution in [0.15, 0.2) is 28.7 Å². The summed E-state index contributed by atoms with van der Waals surface area (Å²) in [5, 5.41) is 0. The lowest BCUT2D eigenvalue weighted by Crippen LogP contribution is -1.86. The summed E-state index contributed by atoms with van der Waals surface area (Å²) in [6.07, 6.45) is 7.30. The maximum absolute atomic E-state index is 3.64. The third-order valence-corrected chi connectivity index (χ3v) is 3.45. The summed E-state index contributed by atoms with van der Waals surface area (Å²) >= 11 is 3.64. The second kappa shape index (κ2) is 4.31. The van der Waals surface area contributed by atoms with Crippen LogP contribution >= 0.6 is 15.9 Å². The van der Waals surface area contributed by atoms with Gasteiger partial charge in [0.25, 0.3) is 0 Å². The maximum Gasteiger partial charge on any atom is 0.0253 e. The Morgan fingerprint density at radius 2 is 2.21 bits per heavy atom. The van der Waals surface area contributed by atoms with Gasteiger partial charge in [0, 0.05) is 4.47 Å². The van der Waals surface area contributed by atoms with Crippen LogP contribution in [-0.2, 0) is 6.42 Å². The monoisotopic (exact) mass is 250 g/mol. The van der Waals surface area contributed by atoms with E-state index < -0.39 is 0 Å². The van der Waals surface area contributed by atoms with Crippen LogP contribution in [0.25, 0.3) is 5.57 Å². The number of benzene rings is 1. The lowest BCUT2D eigenvalue weighted by Gasteiger charge is -2.07. The van der Waals surface area contributed by atoms with Gasteiger partial charge in [0.1, 0.15) is 0 Å². The van der Waals surface area contributed by atoms with E-state index in [1.54, 1.807) is 0 Å². The highest BCUT2D eigenvalue weighted by molar-refractivity contribution is 9.10. The number of allylic oxidation sites excluding steroid dienone is 2. The molecule has 0 N–H and O–H groups in total. The van der Waals surface area contributed by atoms with Crippen molar-refractivity contribution in [3.05, 3.63) is 39.9 Å². The standard InChI is InChI=1S/C13H15Br/c1-2-3-5-10-8-9-11-6-4-7-12(14)13(10)11/h4,6-8H,2-3,5,9H2,1H3. The number of fused-ring (bicyclic) bond motifs is 1. The first-order chi connectivity index (χ1) is 6.83. The minimum absolute atomic E-state index is 1.12. The number of halogens is 1. The molecule has 1 aromatic rings. The second-order valence-corrected chi connectivity index (χ2v) is 4.67. The molecule has 0 amide bonds. The van der Waals surface area contributed by atoms with Crippen molar-refractivity contribution in [1.82, 2.24) is 0 Å². The molecular weight excluding hydrogens is 236 g/mol. The Morgan fingerprint density at radius 3 is 3.00 bits per heavy atom. The third kappa shape index (κ3) is 1.78. The van der Waals surface area contributed by atoms with Crippen molar-refractivity contribution in [2.75, 3.05) is 0 Å². The predicted octanol–water partition coefficient (Wildman–Crippen LogP) is 4.58. The highest BCUT2D eigenvalue weighted by Gasteiger charge is 2.15. The zero-order valence-corrected chi connectivity index (χ0v) is 10.1. The summed E-state index contributed by atoms with van der Waals surface area (Å²) in [6, 6.07) is 6.50. The first-order valence-electron chi connectivity index (χ1n) is 5.29. The van der Waals surface area contributed by atoms with Crippen LogP contribution in [0.5, 0.6) is 0 Å². The Hall–Kier alpha value is -0.560. The van der Waals surface area contributed by atoms with E-state index in [9.17, 15) is 0 Å². The van der Waals surface area contributed by atoms with E-state index in [-0.39, 0.29) is 0 Å². The van der Waals surface area contributed by atoms with Gasteiger partial charge in [-0.25, -0.2) is 0 Å². The van der Waals surface area contributed by atoms with Crippen LogP contribution in [0.3, 0.4) is 0 Å². The van der Waals surface area contributed by atoms with E-state index in [2.05, 4.69) is 47.1 Å². The highest BCUT2D eigenvalue weighted by atomic mass is 79.9. The van der Waals surface area contributed by atoms with Gasteiger partial charge in [0.15, 0.2) is 0 Å². The Balaban J connectivity index is 2.26. The molecule has 1 aromatic carbocycles. The maximum atomic E-state index is 3.64. The molecule has 0 atom stereocenters. The average molecular weight is 251 g/mol. The smallest absolute Gasteiger partial charge is 0.0253 e. The topological polar surface area (TPSA) is 0 Å². The molecule has 0 spiro atoms. The number of unbranched alkanes of at least 4 members (excludes halogenated alkanes) is 1. The van der Waals surface area contributed by atoms with Crippen LogP contribution in [-0.4, -0.2) is 0 Å². The fourth-order valence-corrected chi connectivity index (χ4v) is 2.69. The molecule has 0 radical (unpaired) electrons. The van der Waals surface area contributed by atoms with Gasteiger partial charge < -0.3 is 0 Å². The van der Waals surface area contributed by atoms with Crippen molar-refractivity contribution in [2.45, 2.75) is 32.6 Å². The number of hydrogen-bond acceptors (Lipinski definition) is 0. The summed E-state index contributed by atoms with van der Waals surface area (Å²) < 4.78 is 1.26. The normalized spacial score (nSPS) is 14.0. The number of rotatable bonds is 3. The zero-order valence-electron chi connectivity index (χ0n) is 8.52. The SMILES string of the molecule is CCCCC1=CCc2cccc(Br)c21. The Morgan fingerprint density at radius 1 is 1.36 bits per heavy atom. The van der Waals surface area contributed by atoms with E-state index in [1.807, 2.05) is 0 Å². The largest absolute Gasteiger partial charge is 0.0762 e. The minimum atomic E-state index is 1.12. The molecule has 0 unspecified atom stereocenters. The molecule has 1 aliphatic carbocycles. The molecule has 2 rings (SSSR count). The van der Waals surface area contributed by atoms with Crippen LogP contribution in [0.4, 0.5) is 0 Å². The molecule has 0 saturated carbocycles. The van der Waals surface area contributed by atoms with Crippen molar-refractivity contribution in [2.24, 2.45) is 0 Å². The summed E-state index contributed by atoms with van der Waals surface area (Å²) in [7, 11) is 0. The Bertz CT molecular complexity index is 363. The summed E-state index contributed by atoms with van der Waals surface area (Å²) in [4.78, 5) is 0. The molecule has 0 bridgehead atoms. The molecule has 1 heteroatoms. The Labute approximate surface area is 94.2 Å². The molecule has 0 nitrogen and oxygen atoms in total. The van der Waals surface area contributed by atoms with Gasteiger partial charge in [-0.15, -0.1) is 0 Å². The van der Waals surface area contributed by atoms with Crippen molar-refractivity contribution in [3.63, 3.8) is 0 Å². The van der Waals surface area contributed by atoms with E-state index in [4.69, 9.17) is 0 Å². The van der Waals surface area contributed by atoms with Gasteiger partial charge in [-0.3, -0.25) is 0 Å². The minimum Gasteiger partial charge on any atom is -0.0762 e. The van der Waals surface area contributed by atoms with E-state index in [0.29, 0.717) is 0 Å². The molecule has 74 valence electrons. The first kappa shape index (κ1) is 9.97. The van der Waals surface area contributed by atoms with Gasteiger partial charge >= 0.3 is 0 Å². The van der Waals surface area contributed by atoms with E-state index >= 15 is 0 Å². The number of hydrogen-bond donors (Lipinski definition) is 0. The van der Waals surface area contributed by atoms with Gasteiger partial charge in [-0.05, 0) is 42.0 Å². The van der Waals surface area contributed by atoms with E-state index in [0.717, 1.165) is 6.42 Å². The van der Waals surface area contributed by atoms with Gasteiger partial charge in [0.05, 0.1) is 0 Å². The molecule has 0 aromatic heterocycles. The molecule has 0 aliphatic heterocycles. The van der Waals surface area contributed by atoms with Crippen LogP contribution < -0.4 is 0 Å². The summed E-state index contributed by atoms with van der Waals surface area (Å²) in [5.74, 6) is 0. The van der Waals surface area contributed by atoms with Gasteiger partial charge in [-0.1, -0.05) is 47.5 Å². The molecule has 0 saturated heterocycles. The van der Waals surface area contributed by atoms with Crippen LogP contribution in [0, 0.1) is 0 Å².